The molecule has 0 atom stereocenters. The van der Waals surface area contributed by atoms with Crippen LogP contribution in [0.15, 0.2) is 42.0 Å². The Morgan fingerprint density at radius 3 is 2.95 bits per heavy atom. The predicted molar refractivity (Wildman–Crippen MR) is 76.4 cm³/mol. The third-order valence-electron chi connectivity index (χ3n) is 2.52. The van der Waals surface area contributed by atoms with E-state index >= 15 is 0 Å². The Balaban J connectivity index is 2.00. The number of pyridine rings is 1. The van der Waals surface area contributed by atoms with Gasteiger partial charge in [0.15, 0.2) is 0 Å². The molecule has 6 heteroatoms. The Morgan fingerprint density at radius 2 is 2.25 bits per heavy atom. The van der Waals surface area contributed by atoms with Gasteiger partial charge in [-0.3, -0.25) is 9.78 Å². The van der Waals surface area contributed by atoms with E-state index in [2.05, 4.69) is 10.3 Å². The SMILES string of the molecule is O=C(O)/C=C/c1ccsc1CNC(=O)c1cccnc1. The molecule has 5 nitrogen and oxygen atoms in total. The first-order chi connectivity index (χ1) is 9.66. The summed E-state index contributed by atoms with van der Waals surface area (Å²) in [5, 5.41) is 13.2. The maximum atomic E-state index is 11.9. The summed E-state index contributed by atoms with van der Waals surface area (Å²) in [6.45, 7) is 0.352. The number of nitrogens with one attached hydrogen (secondary N) is 1. The summed E-state index contributed by atoms with van der Waals surface area (Å²) in [5.74, 6) is -1.21. The Hall–Kier alpha value is -2.47. The zero-order valence-corrected chi connectivity index (χ0v) is 11.3. The lowest BCUT2D eigenvalue weighted by Gasteiger charge is -2.04. The Bertz CT molecular complexity index is 635. The van der Waals surface area contributed by atoms with Crippen LogP contribution in [0.2, 0.25) is 0 Å². The molecule has 0 fully saturated rings. The largest absolute Gasteiger partial charge is 0.478 e. The van der Waals surface area contributed by atoms with Crippen LogP contribution in [0.1, 0.15) is 20.8 Å². The molecule has 1 amide bonds. The summed E-state index contributed by atoms with van der Waals surface area (Å²) < 4.78 is 0. The second-order valence-corrected chi connectivity index (χ2v) is 4.90. The number of amides is 1. The number of carboxylic acid groups (broad SMARTS) is 1. The van der Waals surface area contributed by atoms with Gasteiger partial charge in [0.1, 0.15) is 0 Å². The van der Waals surface area contributed by atoms with E-state index in [4.69, 9.17) is 5.11 Å². The topological polar surface area (TPSA) is 79.3 Å². The first kappa shape index (κ1) is 14.0. The van der Waals surface area contributed by atoms with Crippen molar-refractivity contribution in [1.29, 1.82) is 0 Å². The molecular weight excluding hydrogens is 276 g/mol. The van der Waals surface area contributed by atoms with Gasteiger partial charge in [0.2, 0.25) is 0 Å². The van der Waals surface area contributed by atoms with Crippen molar-refractivity contribution in [2.75, 3.05) is 0 Å². The molecule has 2 rings (SSSR count). The minimum atomic E-state index is -0.999. The van der Waals surface area contributed by atoms with Crippen LogP contribution < -0.4 is 5.32 Å². The monoisotopic (exact) mass is 288 g/mol. The number of carbonyl (C=O) groups excluding carboxylic acids is 1. The summed E-state index contributed by atoms with van der Waals surface area (Å²) in [6.07, 6.45) is 5.69. The van der Waals surface area contributed by atoms with Gasteiger partial charge in [0, 0.05) is 23.3 Å². The van der Waals surface area contributed by atoms with E-state index in [0.717, 1.165) is 16.5 Å². The fourth-order valence-electron chi connectivity index (χ4n) is 1.56. The Morgan fingerprint density at radius 1 is 1.40 bits per heavy atom. The second-order valence-electron chi connectivity index (χ2n) is 3.90. The van der Waals surface area contributed by atoms with E-state index < -0.39 is 5.97 Å². The lowest BCUT2D eigenvalue weighted by atomic mass is 10.2. The van der Waals surface area contributed by atoms with E-state index in [1.165, 1.54) is 23.6 Å². The third-order valence-corrected chi connectivity index (χ3v) is 3.46. The molecule has 0 saturated heterocycles. The fraction of sp³-hybridized carbons (Fsp3) is 0.0714. The van der Waals surface area contributed by atoms with E-state index in [-0.39, 0.29) is 5.91 Å². The summed E-state index contributed by atoms with van der Waals surface area (Å²) in [4.78, 5) is 27.1. The number of thiophene rings is 1. The van der Waals surface area contributed by atoms with Gasteiger partial charge in [-0.25, -0.2) is 4.79 Å². The van der Waals surface area contributed by atoms with E-state index in [1.807, 2.05) is 11.4 Å². The van der Waals surface area contributed by atoms with Gasteiger partial charge in [0.25, 0.3) is 5.91 Å². The number of rotatable bonds is 5. The van der Waals surface area contributed by atoms with Crippen molar-refractivity contribution in [2.45, 2.75) is 6.54 Å². The zero-order valence-electron chi connectivity index (χ0n) is 10.4. The molecule has 2 aromatic rings. The molecule has 0 aliphatic heterocycles. The molecule has 0 radical (unpaired) electrons. The van der Waals surface area contributed by atoms with Gasteiger partial charge in [-0.05, 0) is 35.2 Å². The summed E-state index contributed by atoms with van der Waals surface area (Å²) in [7, 11) is 0. The molecule has 0 spiro atoms. The average molecular weight is 288 g/mol. The maximum absolute atomic E-state index is 11.9. The smallest absolute Gasteiger partial charge is 0.328 e. The van der Waals surface area contributed by atoms with Crippen molar-refractivity contribution >= 4 is 29.3 Å². The van der Waals surface area contributed by atoms with Crippen LogP contribution in [-0.4, -0.2) is 22.0 Å². The molecule has 0 bridgehead atoms. The van der Waals surface area contributed by atoms with Gasteiger partial charge in [0.05, 0.1) is 12.1 Å². The minimum absolute atomic E-state index is 0.209. The minimum Gasteiger partial charge on any atom is -0.478 e. The van der Waals surface area contributed by atoms with Gasteiger partial charge < -0.3 is 10.4 Å². The number of hydrogen-bond acceptors (Lipinski definition) is 4. The molecule has 0 aliphatic carbocycles. The Labute approximate surface area is 119 Å². The lowest BCUT2D eigenvalue weighted by molar-refractivity contribution is -0.131. The number of hydrogen-bond donors (Lipinski definition) is 2. The van der Waals surface area contributed by atoms with Gasteiger partial charge in [-0.15, -0.1) is 11.3 Å². The molecule has 0 aliphatic rings. The zero-order chi connectivity index (χ0) is 14.4. The van der Waals surface area contributed by atoms with Crippen LogP contribution in [0.25, 0.3) is 6.08 Å². The lowest BCUT2D eigenvalue weighted by Crippen LogP contribution is -2.22. The van der Waals surface area contributed by atoms with Crippen LogP contribution in [0.5, 0.6) is 0 Å². The quantitative estimate of drug-likeness (QED) is 0.826. The van der Waals surface area contributed by atoms with Crippen LogP contribution in [-0.2, 0) is 11.3 Å². The highest BCUT2D eigenvalue weighted by Crippen LogP contribution is 2.18. The second kappa shape index (κ2) is 6.63. The first-order valence-electron chi connectivity index (χ1n) is 5.82. The van der Waals surface area contributed by atoms with Gasteiger partial charge in [-0.2, -0.15) is 0 Å². The van der Waals surface area contributed by atoms with Crippen molar-refractivity contribution in [3.8, 4) is 0 Å². The number of aliphatic carboxylic acids is 1. The summed E-state index contributed by atoms with van der Waals surface area (Å²) >= 11 is 1.46. The van der Waals surface area contributed by atoms with E-state index in [1.54, 1.807) is 18.3 Å². The first-order valence-corrected chi connectivity index (χ1v) is 6.70. The average Bonchev–Trinajstić information content (AvgIpc) is 2.91. The Kier molecular flexibility index (Phi) is 4.62. The molecule has 20 heavy (non-hydrogen) atoms. The number of aromatic nitrogens is 1. The fourth-order valence-corrected chi connectivity index (χ4v) is 2.37. The van der Waals surface area contributed by atoms with Crippen LogP contribution in [0.3, 0.4) is 0 Å². The highest BCUT2D eigenvalue weighted by atomic mass is 32.1. The normalized spacial score (nSPS) is 10.6. The van der Waals surface area contributed by atoms with Crippen LogP contribution in [0.4, 0.5) is 0 Å². The summed E-state index contributed by atoms with van der Waals surface area (Å²) in [6, 6.07) is 5.19. The molecule has 0 aromatic carbocycles. The number of carboxylic acids is 1. The molecule has 2 heterocycles. The molecular formula is C14H12N2O3S. The number of nitrogens with zero attached hydrogens (tertiary/aromatic N) is 1. The number of carbonyl (C=O) groups is 2. The highest BCUT2D eigenvalue weighted by molar-refractivity contribution is 7.10. The van der Waals surface area contributed by atoms with Crippen molar-refractivity contribution in [1.82, 2.24) is 10.3 Å². The van der Waals surface area contributed by atoms with Crippen molar-refractivity contribution in [3.63, 3.8) is 0 Å². The third kappa shape index (κ3) is 3.76. The van der Waals surface area contributed by atoms with Crippen LogP contribution in [0, 0.1) is 0 Å². The molecule has 2 N–H and O–H groups in total. The predicted octanol–water partition coefficient (Wildman–Crippen LogP) is 2.17. The van der Waals surface area contributed by atoms with Crippen molar-refractivity contribution in [2.24, 2.45) is 0 Å². The summed E-state index contributed by atoms with van der Waals surface area (Å²) in [5.41, 5.74) is 1.29. The van der Waals surface area contributed by atoms with Gasteiger partial charge >= 0.3 is 5.97 Å². The molecule has 0 unspecified atom stereocenters. The van der Waals surface area contributed by atoms with Crippen molar-refractivity contribution < 1.29 is 14.7 Å². The maximum Gasteiger partial charge on any atom is 0.328 e. The van der Waals surface area contributed by atoms with Gasteiger partial charge in [-0.1, -0.05) is 0 Å². The molecule has 2 aromatic heterocycles. The standard InChI is InChI=1S/C14H12N2O3S/c17-13(18)4-3-10-5-7-20-12(10)9-16-14(19)11-2-1-6-15-8-11/h1-8H,9H2,(H,16,19)(H,17,18)/b4-3+. The molecule has 0 saturated carbocycles. The van der Waals surface area contributed by atoms with E-state index in [0.29, 0.717) is 12.1 Å². The highest BCUT2D eigenvalue weighted by Gasteiger charge is 2.07. The van der Waals surface area contributed by atoms with E-state index in [9.17, 15) is 9.59 Å². The van der Waals surface area contributed by atoms with Crippen LogP contribution >= 0.6 is 11.3 Å². The van der Waals surface area contributed by atoms with Crippen molar-refractivity contribution in [3.05, 3.63) is 58.1 Å². The molecule has 102 valence electrons.